The summed E-state index contributed by atoms with van der Waals surface area (Å²) >= 11 is 0. The second-order valence-corrected chi connectivity index (χ2v) is 6.72. The lowest BCUT2D eigenvalue weighted by atomic mass is 10.0. The van der Waals surface area contributed by atoms with Gasteiger partial charge in [-0.3, -0.25) is 4.79 Å². The first-order valence-corrected chi connectivity index (χ1v) is 9.15. The Morgan fingerprint density at radius 1 is 1.04 bits per heavy atom. The van der Waals surface area contributed by atoms with E-state index in [1.165, 1.54) is 11.9 Å². The van der Waals surface area contributed by atoms with Crippen LogP contribution in [0.15, 0.2) is 60.9 Å². The molecule has 144 valence electrons. The van der Waals surface area contributed by atoms with Crippen molar-refractivity contribution in [2.24, 2.45) is 0 Å². The zero-order chi connectivity index (χ0) is 19.9. The van der Waals surface area contributed by atoms with E-state index in [-0.39, 0.29) is 5.91 Å². The van der Waals surface area contributed by atoms with Crippen LogP contribution in [0.25, 0.3) is 0 Å². The molecular weight excluding hydrogens is 352 g/mol. The predicted molar refractivity (Wildman–Crippen MR) is 111 cm³/mol. The molecular formula is C22H24N4O2. The van der Waals surface area contributed by atoms with Crippen molar-refractivity contribution in [2.75, 3.05) is 17.7 Å². The fourth-order valence-electron chi connectivity index (χ4n) is 2.66. The third-order valence-electron chi connectivity index (χ3n) is 4.37. The molecule has 2 aromatic carbocycles. The first kappa shape index (κ1) is 19.4. The maximum absolute atomic E-state index is 12.5. The highest BCUT2D eigenvalue weighted by atomic mass is 16.5. The molecule has 0 bridgehead atoms. The molecule has 0 fully saturated rings. The molecule has 28 heavy (non-hydrogen) atoms. The number of methoxy groups -OCH3 is 1. The summed E-state index contributed by atoms with van der Waals surface area (Å²) in [4.78, 5) is 20.7. The predicted octanol–water partition coefficient (Wildman–Crippen LogP) is 4.47. The lowest BCUT2D eigenvalue weighted by Gasteiger charge is -2.09. The molecule has 0 spiro atoms. The maximum Gasteiger partial charge on any atom is 0.274 e. The monoisotopic (exact) mass is 376 g/mol. The highest BCUT2D eigenvalue weighted by Crippen LogP contribution is 2.18. The Labute approximate surface area is 165 Å². The van der Waals surface area contributed by atoms with E-state index in [1.807, 2.05) is 48.5 Å². The molecule has 6 nitrogen and oxygen atoms in total. The van der Waals surface area contributed by atoms with Gasteiger partial charge in [-0.15, -0.1) is 0 Å². The van der Waals surface area contributed by atoms with E-state index in [9.17, 15) is 4.79 Å². The van der Waals surface area contributed by atoms with E-state index < -0.39 is 0 Å². The van der Waals surface area contributed by atoms with Crippen molar-refractivity contribution in [3.05, 3.63) is 77.7 Å². The molecule has 0 aliphatic carbocycles. The van der Waals surface area contributed by atoms with Crippen molar-refractivity contribution in [3.8, 4) is 5.75 Å². The van der Waals surface area contributed by atoms with Crippen molar-refractivity contribution in [2.45, 2.75) is 26.3 Å². The van der Waals surface area contributed by atoms with Crippen molar-refractivity contribution < 1.29 is 9.53 Å². The van der Waals surface area contributed by atoms with Crippen LogP contribution in [0.5, 0.6) is 5.75 Å². The van der Waals surface area contributed by atoms with Crippen molar-refractivity contribution in [3.63, 3.8) is 0 Å². The molecule has 0 unspecified atom stereocenters. The SMILES string of the molecule is COc1ccc(CNc2cc(C(=O)Nc3ccc(C(C)C)cc3)ncn2)cc1. The van der Waals surface area contributed by atoms with Crippen molar-refractivity contribution >= 4 is 17.4 Å². The first-order chi connectivity index (χ1) is 13.5. The minimum absolute atomic E-state index is 0.271. The summed E-state index contributed by atoms with van der Waals surface area (Å²) in [5, 5.41) is 6.07. The van der Waals surface area contributed by atoms with E-state index in [4.69, 9.17) is 4.74 Å². The van der Waals surface area contributed by atoms with Crippen molar-refractivity contribution in [1.29, 1.82) is 0 Å². The molecule has 6 heteroatoms. The number of hydrogen-bond acceptors (Lipinski definition) is 5. The largest absolute Gasteiger partial charge is 0.497 e. The molecule has 1 amide bonds. The quantitative estimate of drug-likeness (QED) is 0.636. The summed E-state index contributed by atoms with van der Waals surface area (Å²) in [5.74, 6) is 1.58. The van der Waals surface area contributed by atoms with Gasteiger partial charge in [-0.05, 0) is 41.3 Å². The van der Waals surface area contributed by atoms with Gasteiger partial charge in [-0.1, -0.05) is 38.1 Å². The Balaban J connectivity index is 1.62. The van der Waals surface area contributed by atoms with Gasteiger partial charge in [0, 0.05) is 18.3 Å². The Morgan fingerprint density at radius 2 is 1.75 bits per heavy atom. The first-order valence-electron chi connectivity index (χ1n) is 9.15. The van der Waals surface area contributed by atoms with Gasteiger partial charge < -0.3 is 15.4 Å². The number of carbonyl (C=O) groups excluding carboxylic acids is 1. The highest BCUT2D eigenvalue weighted by molar-refractivity contribution is 6.03. The summed E-state index contributed by atoms with van der Waals surface area (Å²) in [6.07, 6.45) is 1.38. The van der Waals surface area contributed by atoms with Crippen LogP contribution >= 0.6 is 0 Å². The average molecular weight is 376 g/mol. The third-order valence-corrected chi connectivity index (χ3v) is 4.37. The lowest BCUT2D eigenvalue weighted by Crippen LogP contribution is -2.14. The van der Waals surface area contributed by atoms with Gasteiger partial charge in [0.15, 0.2) is 0 Å². The summed E-state index contributed by atoms with van der Waals surface area (Å²) < 4.78 is 5.16. The number of rotatable bonds is 7. The van der Waals surface area contributed by atoms with Gasteiger partial charge in [0.25, 0.3) is 5.91 Å². The standard InChI is InChI=1S/C22H24N4O2/c1-15(2)17-6-8-18(9-7-17)26-22(27)20-12-21(25-14-24-20)23-13-16-4-10-19(28-3)11-5-16/h4-12,14-15H,13H2,1-3H3,(H,26,27)(H,23,24,25). The molecule has 0 atom stereocenters. The number of carbonyl (C=O) groups is 1. The fourth-order valence-corrected chi connectivity index (χ4v) is 2.66. The molecule has 2 N–H and O–H groups in total. The molecule has 0 radical (unpaired) electrons. The van der Waals surface area contributed by atoms with Gasteiger partial charge in [-0.2, -0.15) is 0 Å². The summed E-state index contributed by atoms with van der Waals surface area (Å²) in [5.41, 5.74) is 3.35. The summed E-state index contributed by atoms with van der Waals surface area (Å²) in [6, 6.07) is 17.2. The molecule has 0 saturated carbocycles. The molecule has 0 aliphatic heterocycles. The number of anilines is 2. The van der Waals surface area contributed by atoms with Gasteiger partial charge in [0.05, 0.1) is 7.11 Å². The van der Waals surface area contributed by atoms with Gasteiger partial charge in [-0.25, -0.2) is 9.97 Å². The van der Waals surface area contributed by atoms with Crippen LogP contribution in [0.4, 0.5) is 11.5 Å². The molecule has 3 aromatic rings. The maximum atomic E-state index is 12.5. The van der Waals surface area contributed by atoms with Gasteiger partial charge in [0.1, 0.15) is 23.6 Å². The van der Waals surface area contributed by atoms with Crippen LogP contribution in [0.2, 0.25) is 0 Å². The normalized spacial score (nSPS) is 10.6. The number of ether oxygens (including phenoxy) is 1. The third kappa shape index (κ3) is 5.07. The van der Waals surface area contributed by atoms with Gasteiger partial charge in [0.2, 0.25) is 0 Å². The van der Waals surface area contributed by atoms with E-state index in [0.29, 0.717) is 24.0 Å². The smallest absolute Gasteiger partial charge is 0.274 e. The van der Waals surface area contributed by atoms with E-state index >= 15 is 0 Å². The molecule has 1 aromatic heterocycles. The minimum atomic E-state index is -0.271. The molecule has 3 rings (SSSR count). The van der Waals surface area contributed by atoms with E-state index in [2.05, 4.69) is 34.4 Å². The van der Waals surface area contributed by atoms with Crippen molar-refractivity contribution in [1.82, 2.24) is 9.97 Å². The molecule has 0 saturated heterocycles. The number of nitrogens with zero attached hydrogens (tertiary/aromatic N) is 2. The number of amides is 1. The second-order valence-electron chi connectivity index (χ2n) is 6.72. The Hall–Kier alpha value is -3.41. The van der Waals surface area contributed by atoms with E-state index in [0.717, 1.165) is 17.0 Å². The lowest BCUT2D eigenvalue weighted by molar-refractivity contribution is 0.102. The number of hydrogen-bond donors (Lipinski definition) is 2. The molecule has 0 aliphatic rings. The number of nitrogens with one attached hydrogen (secondary N) is 2. The second kappa shape index (κ2) is 8.99. The van der Waals surface area contributed by atoms with Crippen LogP contribution in [-0.2, 0) is 6.54 Å². The van der Waals surface area contributed by atoms with Gasteiger partial charge >= 0.3 is 0 Å². The Kier molecular flexibility index (Phi) is 6.22. The van der Waals surface area contributed by atoms with Crippen LogP contribution in [-0.4, -0.2) is 23.0 Å². The minimum Gasteiger partial charge on any atom is -0.497 e. The van der Waals surface area contributed by atoms with Crippen LogP contribution < -0.4 is 15.4 Å². The highest BCUT2D eigenvalue weighted by Gasteiger charge is 2.10. The summed E-state index contributed by atoms with van der Waals surface area (Å²) in [6.45, 7) is 4.85. The molecule has 1 heterocycles. The Morgan fingerprint density at radius 3 is 2.39 bits per heavy atom. The fraction of sp³-hybridized carbons (Fsp3) is 0.227. The van der Waals surface area contributed by atoms with Crippen LogP contribution in [0.3, 0.4) is 0 Å². The van der Waals surface area contributed by atoms with Crippen LogP contribution in [0.1, 0.15) is 41.4 Å². The Bertz CT molecular complexity index is 922. The number of benzene rings is 2. The average Bonchev–Trinajstić information content (AvgIpc) is 2.73. The van der Waals surface area contributed by atoms with Crippen LogP contribution in [0, 0.1) is 0 Å². The van der Waals surface area contributed by atoms with E-state index in [1.54, 1.807) is 13.2 Å². The zero-order valence-corrected chi connectivity index (χ0v) is 16.3. The summed E-state index contributed by atoms with van der Waals surface area (Å²) in [7, 11) is 1.64. The zero-order valence-electron chi connectivity index (χ0n) is 16.3. The topological polar surface area (TPSA) is 76.1 Å². The number of aromatic nitrogens is 2.